The molecule has 2 amide bonds. The van der Waals surface area contributed by atoms with Crippen molar-refractivity contribution in [2.45, 2.75) is 69.4 Å². The number of rotatable bonds is 4. The van der Waals surface area contributed by atoms with E-state index < -0.39 is 0 Å². The monoisotopic (exact) mass is 282 g/mol. The van der Waals surface area contributed by atoms with Gasteiger partial charge in [0.25, 0.3) is 0 Å². The molecule has 0 aromatic carbocycles. The van der Waals surface area contributed by atoms with Gasteiger partial charge in [-0.25, -0.2) is 4.79 Å². The Kier molecular flexibility index (Phi) is 6.10. The predicted molar refractivity (Wildman–Crippen MR) is 81.7 cm³/mol. The molecular weight excluding hydrogens is 252 g/mol. The lowest BCUT2D eigenvalue weighted by Gasteiger charge is -2.33. The summed E-state index contributed by atoms with van der Waals surface area (Å²) in [5.41, 5.74) is 6.13. The molecule has 2 rings (SSSR count). The van der Waals surface area contributed by atoms with Crippen molar-refractivity contribution in [3.05, 3.63) is 0 Å². The molecule has 0 bridgehead atoms. The number of nitrogens with two attached hydrogens (primary N) is 1. The molecule has 2 aliphatic rings. The van der Waals surface area contributed by atoms with Crippen LogP contribution in [0.15, 0.2) is 0 Å². The van der Waals surface area contributed by atoms with Crippen LogP contribution >= 0.6 is 0 Å². The molecule has 1 saturated heterocycles. The summed E-state index contributed by atoms with van der Waals surface area (Å²) in [6.45, 7) is 2.38. The second-order valence-corrected chi connectivity index (χ2v) is 6.49. The van der Waals surface area contributed by atoms with Crippen LogP contribution in [0, 0.1) is 0 Å². The van der Waals surface area contributed by atoms with Gasteiger partial charge < -0.3 is 21.7 Å². The molecule has 116 valence electrons. The van der Waals surface area contributed by atoms with Crippen LogP contribution in [-0.2, 0) is 0 Å². The third-order valence-electron chi connectivity index (χ3n) is 4.62. The first kappa shape index (κ1) is 15.6. The first-order chi connectivity index (χ1) is 9.68. The van der Waals surface area contributed by atoms with Crippen LogP contribution in [0.5, 0.6) is 0 Å². The van der Waals surface area contributed by atoms with Crippen molar-refractivity contribution in [3.8, 4) is 0 Å². The summed E-state index contributed by atoms with van der Waals surface area (Å²) in [6.07, 6.45) is 10.7. The maximum atomic E-state index is 11.9. The lowest BCUT2D eigenvalue weighted by molar-refractivity contribution is 0.229. The van der Waals surface area contributed by atoms with Gasteiger partial charge in [-0.05, 0) is 32.2 Å². The molecule has 5 nitrogen and oxygen atoms in total. The van der Waals surface area contributed by atoms with Gasteiger partial charge in [-0.3, -0.25) is 0 Å². The second-order valence-electron chi connectivity index (χ2n) is 6.49. The molecule has 2 fully saturated rings. The van der Waals surface area contributed by atoms with Gasteiger partial charge in [0, 0.05) is 24.7 Å². The summed E-state index contributed by atoms with van der Waals surface area (Å²) < 4.78 is 0. The number of hydrogen-bond acceptors (Lipinski definition) is 3. The number of hydrogen-bond donors (Lipinski definition) is 4. The van der Waals surface area contributed by atoms with Crippen molar-refractivity contribution in [2.24, 2.45) is 5.73 Å². The molecule has 1 aliphatic heterocycles. The fourth-order valence-electron chi connectivity index (χ4n) is 3.24. The minimum atomic E-state index is -0.184. The maximum absolute atomic E-state index is 11.9. The predicted octanol–water partition coefficient (Wildman–Crippen LogP) is 1.48. The molecule has 20 heavy (non-hydrogen) atoms. The van der Waals surface area contributed by atoms with Crippen LogP contribution in [0.3, 0.4) is 0 Å². The molecular formula is C15H30N4O. The number of urea groups is 1. The quantitative estimate of drug-likeness (QED) is 0.630. The summed E-state index contributed by atoms with van der Waals surface area (Å²) in [5.74, 6) is 0. The highest BCUT2D eigenvalue weighted by Gasteiger charge is 2.27. The smallest absolute Gasteiger partial charge is 0.314 e. The minimum Gasteiger partial charge on any atom is -0.337 e. The number of nitrogens with one attached hydrogen (secondary N) is 3. The third kappa shape index (κ3) is 5.29. The van der Waals surface area contributed by atoms with E-state index in [1.807, 2.05) is 0 Å². The van der Waals surface area contributed by atoms with Crippen LogP contribution in [0.4, 0.5) is 4.79 Å². The van der Waals surface area contributed by atoms with Gasteiger partial charge in [0.15, 0.2) is 0 Å². The Morgan fingerprint density at radius 1 is 1.10 bits per heavy atom. The van der Waals surface area contributed by atoms with E-state index in [0.29, 0.717) is 19.1 Å². The van der Waals surface area contributed by atoms with Gasteiger partial charge in [0.1, 0.15) is 0 Å². The molecule has 0 aromatic rings. The Hall–Kier alpha value is -0.810. The maximum Gasteiger partial charge on any atom is 0.314 e. The average molecular weight is 282 g/mol. The first-order valence-electron chi connectivity index (χ1n) is 8.22. The fraction of sp³-hybridized carbons (Fsp3) is 0.933. The summed E-state index contributed by atoms with van der Waals surface area (Å²) in [5, 5.41) is 9.40. The molecule has 1 atom stereocenters. The zero-order valence-electron chi connectivity index (χ0n) is 12.5. The van der Waals surface area contributed by atoms with Crippen LogP contribution in [0.25, 0.3) is 0 Å². The largest absolute Gasteiger partial charge is 0.337 e. The van der Waals surface area contributed by atoms with Crippen molar-refractivity contribution < 1.29 is 4.79 Å². The van der Waals surface area contributed by atoms with E-state index in [2.05, 4.69) is 16.0 Å². The minimum absolute atomic E-state index is 0.0774. The van der Waals surface area contributed by atoms with Crippen LogP contribution in [-0.4, -0.2) is 37.2 Å². The molecule has 0 aromatic heterocycles. The van der Waals surface area contributed by atoms with Gasteiger partial charge in [0.05, 0.1) is 0 Å². The first-order valence-corrected chi connectivity index (χ1v) is 8.22. The van der Waals surface area contributed by atoms with Crippen molar-refractivity contribution in [1.82, 2.24) is 16.0 Å². The molecule has 0 radical (unpaired) electrons. The molecule has 1 aliphatic carbocycles. The molecule has 1 unspecified atom stereocenters. The van der Waals surface area contributed by atoms with Gasteiger partial charge >= 0.3 is 6.03 Å². The van der Waals surface area contributed by atoms with Crippen molar-refractivity contribution >= 4 is 6.03 Å². The van der Waals surface area contributed by atoms with Gasteiger partial charge in [0.2, 0.25) is 0 Å². The Morgan fingerprint density at radius 2 is 1.85 bits per heavy atom. The van der Waals surface area contributed by atoms with E-state index in [0.717, 1.165) is 25.8 Å². The topological polar surface area (TPSA) is 79.2 Å². The summed E-state index contributed by atoms with van der Waals surface area (Å²) in [7, 11) is 0. The zero-order chi connectivity index (χ0) is 14.3. The number of amides is 2. The van der Waals surface area contributed by atoms with Crippen molar-refractivity contribution in [3.63, 3.8) is 0 Å². The Morgan fingerprint density at radius 3 is 2.65 bits per heavy atom. The zero-order valence-corrected chi connectivity index (χ0v) is 12.5. The molecule has 5 N–H and O–H groups in total. The van der Waals surface area contributed by atoms with Crippen LogP contribution in [0.2, 0.25) is 0 Å². The van der Waals surface area contributed by atoms with E-state index in [1.54, 1.807) is 0 Å². The summed E-state index contributed by atoms with van der Waals surface area (Å²) >= 11 is 0. The van der Waals surface area contributed by atoms with Crippen molar-refractivity contribution in [1.29, 1.82) is 0 Å². The van der Waals surface area contributed by atoms with E-state index in [9.17, 15) is 4.79 Å². The van der Waals surface area contributed by atoms with Crippen molar-refractivity contribution in [2.75, 3.05) is 19.6 Å². The number of carbonyl (C=O) groups excluding carboxylic acids is 1. The standard InChI is InChI=1S/C15H30N4O/c16-15(8-4-2-5-9-15)12-19-14(20)18-11-13-7-3-1-6-10-17-13/h13,17H,1-12,16H2,(H2,18,19,20). The van der Waals surface area contributed by atoms with E-state index in [-0.39, 0.29) is 11.6 Å². The normalized spacial score (nSPS) is 26.6. The molecule has 0 spiro atoms. The Bertz CT molecular complexity index is 294. The van der Waals surface area contributed by atoms with Gasteiger partial charge in [-0.15, -0.1) is 0 Å². The van der Waals surface area contributed by atoms with E-state index in [4.69, 9.17) is 5.73 Å². The molecule has 1 heterocycles. The number of carbonyl (C=O) groups is 1. The SMILES string of the molecule is NC1(CNC(=O)NCC2CCCCCN2)CCCCC1. The van der Waals surface area contributed by atoms with Crippen LogP contribution in [0.1, 0.15) is 57.8 Å². The molecule has 5 heteroatoms. The second kappa shape index (κ2) is 7.84. The van der Waals surface area contributed by atoms with Crippen LogP contribution < -0.4 is 21.7 Å². The summed E-state index contributed by atoms with van der Waals surface area (Å²) in [6, 6.07) is 0.344. The highest BCUT2D eigenvalue weighted by atomic mass is 16.2. The van der Waals surface area contributed by atoms with E-state index in [1.165, 1.54) is 38.5 Å². The average Bonchev–Trinajstić information content (AvgIpc) is 2.72. The highest BCUT2D eigenvalue weighted by Crippen LogP contribution is 2.24. The Labute approximate surface area is 122 Å². The van der Waals surface area contributed by atoms with E-state index >= 15 is 0 Å². The fourth-order valence-corrected chi connectivity index (χ4v) is 3.24. The lowest BCUT2D eigenvalue weighted by atomic mass is 9.82. The third-order valence-corrected chi connectivity index (χ3v) is 4.62. The van der Waals surface area contributed by atoms with Gasteiger partial charge in [-0.2, -0.15) is 0 Å². The summed E-state index contributed by atoms with van der Waals surface area (Å²) in [4.78, 5) is 11.9. The highest BCUT2D eigenvalue weighted by molar-refractivity contribution is 5.73. The van der Waals surface area contributed by atoms with Gasteiger partial charge in [-0.1, -0.05) is 32.1 Å². The Balaban J connectivity index is 1.62. The lowest BCUT2D eigenvalue weighted by Crippen LogP contribution is -2.54. The molecule has 1 saturated carbocycles.